The fourth-order valence-corrected chi connectivity index (χ4v) is 3.12. The number of pyridine rings is 1. The van der Waals surface area contributed by atoms with Crippen molar-refractivity contribution in [3.05, 3.63) is 53.3 Å². The van der Waals surface area contributed by atoms with E-state index in [-0.39, 0.29) is 12.7 Å². The molecule has 2 heterocycles. The molecule has 1 atom stereocenters. The smallest absolute Gasteiger partial charge is 0.304 e. The minimum atomic E-state index is -0.635. The topological polar surface area (TPSA) is 53.4 Å². The molecule has 0 N–H and O–H groups in total. The van der Waals surface area contributed by atoms with Gasteiger partial charge in [0.2, 0.25) is 6.29 Å². The SMILES string of the molecule is CC(=O)OC(C)OCn1c(-c2cccnc2)c(C)c2cc(Cl)ccc21. The molecule has 0 saturated heterocycles. The third-order valence-corrected chi connectivity index (χ3v) is 4.22. The fraction of sp³-hybridized carbons (Fsp3) is 0.263. The lowest BCUT2D eigenvalue weighted by molar-refractivity contribution is -0.178. The van der Waals surface area contributed by atoms with Crippen LogP contribution in [0, 0.1) is 6.92 Å². The monoisotopic (exact) mass is 358 g/mol. The Morgan fingerprint density at radius 2 is 2.16 bits per heavy atom. The highest BCUT2D eigenvalue weighted by atomic mass is 35.5. The summed E-state index contributed by atoms with van der Waals surface area (Å²) in [5.74, 6) is -0.375. The Labute approximate surface area is 151 Å². The fourth-order valence-electron chi connectivity index (χ4n) is 2.95. The van der Waals surface area contributed by atoms with Gasteiger partial charge in [0, 0.05) is 35.3 Å². The van der Waals surface area contributed by atoms with Crippen LogP contribution in [0.25, 0.3) is 22.2 Å². The van der Waals surface area contributed by atoms with Gasteiger partial charge in [-0.1, -0.05) is 11.6 Å². The van der Waals surface area contributed by atoms with Gasteiger partial charge >= 0.3 is 5.97 Å². The minimum Gasteiger partial charge on any atom is -0.436 e. The summed E-state index contributed by atoms with van der Waals surface area (Å²) < 4.78 is 12.8. The van der Waals surface area contributed by atoms with Gasteiger partial charge in [-0.15, -0.1) is 0 Å². The summed E-state index contributed by atoms with van der Waals surface area (Å²) >= 11 is 6.17. The first kappa shape index (κ1) is 17.5. The number of aryl methyl sites for hydroxylation is 1. The Bertz CT molecular complexity index is 906. The summed E-state index contributed by atoms with van der Waals surface area (Å²) in [6.07, 6.45) is 2.92. The van der Waals surface area contributed by atoms with Gasteiger partial charge in [-0.3, -0.25) is 9.78 Å². The molecule has 3 rings (SSSR count). The van der Waals surface area contributed by atoms with Crippen LogP contribution in [0.15, 0.2) is 42.7 Å². The summed E-state index contributed by atoms with van der Waals surface area (Å²) in [7, 11) is 0. The van der Waals surface area contributed by atoms with Crippen molar-refractivity contribution in [2.24, 2.45) is 0 Å². The molecule has 1 aromatic carbocycles. The molecular formula is C19H19ClN2O3. The van der Waals surface area contributed by atoms with Gasteiger partial charge < -0.3 is 14.0 Å². The Hall–Kier alpha value is -2.37. The van der Waals surface area contributed by atoms with Gasteiger partial charge in [0.1, 0.15) is 6.73 Å². The van der Waals surface area contributed by atoms with E-state index in [0.717, 1.165) is 27.7 Å². The van der Waals surface area contributed by atoms with Crippen molar-refractivity contribution in [3.63, 3.8) is 0 Å². The van der Waals surface area contributed by atoms with Gasteiger partial charge in [0.15, 0.2) is 0 Å². The van der Waals surface area contributed by atoms with Crippen LogP contribution in [0.1, 0.15) is 19.4 Å². The molecule has 0 aliphatic carbocycles. The standard InChI is InChI=1S/C19H19ClN2O3/c1-12-17-9-16(20)6-7-18(17)22(11-24-14(3)25-13(2)23)19(12)15-5-4-8-21-10-15/h4-10,14H,11H2,1-3H3. The van der Waals surface area contributed by atoms with Crippen molar-refractivity contribution in [1.29, 1.82) is 0 Å². The summed E-state index contributed by atoms with van der Waals surface area (Å²) in [6, 6.07) is 9.65. The number of hydrogen-bond donors (Lipinski definition) is 0. The number of ether oxygens (including phenoxy) is 2. The van der Waals surface area contributed by atoms with Gasteiger partial charge in [0.25, 0.3) is 0 Å². The molecule has 0 spiro atoms. The Morgan fingerprint density at radius 1 is 1.36 bits per heavy atom. The molecule has 5 nitrogen and oxygen atoms in total. The molecule has 0 amide bonds. The van der Waals surface area contributed by atoms with Crippen LogP contribution >= 0.6 is 11.6 Å². The average molecular weight is 359 g/mol. The third-order valence-electron chi connectivity index (χ3n) is 3.98. The van der Waals surface area contributed by atoms with Gasteiger partial charge in [-0.2, -0.15) is 0 Å². The van der Waals surface area contributed by atoms with Gasteiger partial charge in [0.05, 0.1) is 11.2 Å². The molecule has 0 fully saturated rings. The molecule has 3 aromatic rings. The molecule has 2 aromatic heterocycles. The number of fused-ring (bicyclic) bond motifs is 1. The van der Waals surface area contributed by atoms with Crippen LogP contribution in [0.2, 0.25) is 5.02 Å². The van der Waals surface area contributed by atoms with E-state index in [1.807, 2.05) is 48.0 Å². The summed E-state index contributed by atoms with van der Waals surface area (Å²) in [4.78, 5) is 15.3. The number of halogens is 1. The second kappa shape index (κ2) is 7.25. The summed E-state index contributed by atoms with van der Waals surface area (Å²) in [6.45, 7) is 5.34. The quantitative estimate of drug-likeness (QED) is 0.496. The number of carbonyl (C=O) groups is 1. The number of hydrogen-bond acceptors (Lipinski definition) is 4. The van der Waals surface area contributed by atoms with E-state index in [1.165, 1.54) is 6.92 Å². The third kappa shape index (κ3) is 3.67. The molecule has 0 radical (unpaired) electrons. The van der Waals surface area contributed by atoms with Crippen molar-refractivity contribution in [3.8, 4) is 11.3 Å². The second-order valence-electron chi connectivity index (χ2n) is 5.78. The van der Waals surface area contributed by atoms with E-state index < -0.39 is 6.29 Å². The number of rotatable bonds is 5. The van der Waals surface area contributed by atoms with E-state index in [2.05, 4.69) is 4.98 Å². The molecule has 0 bridgehead atoms. The zero-order valence-electron chi connectivity index (χ0n) is 14.3. The number of nitrogens with zero attached hydrogens (tertiary/aromatic N) is 2. The van der Waals surface area contributed by atoms with Crippen LogP contribution in [-0.4, -0.2) is 21.8 Å². The highest BCUT2D eigenvalue weighted by molar-refractivity contribution is 6.31. The summed E-state index contributed by atoms with van der Waals surface area (Å²) in [5.41, 5.74) is 4.07. The van der Waals surface area contributed by atoms with Crippen LogP contribution in [0.3, 0.4) is 0 Å². The van der Waals surface area contributed by atoms with Crippen molar-refractivity contribution < 1.29 is 14.3 Å². The lowest BCUT2D eigenvalue weighted by Crippen LogP contribution is -2.18. The highest BCUT2D eigenvalue weighted by Crippen LogP contribution is 2.34. The van der Waals surface area contributed by atoms with Crippen molar-refractivity contribution in [2.75, 3.05) is 0 Å². The van der Waals surface area contributed by atoms with Crippen molar-refractivity contribution >= 4 is 28.5 Å². The molecule has 6 heteroatoms. The van der Waals surface area contributed by atoms with E-state index >= 15 is 0 Å². The predicted octanol–water partition coefficient (Wildman–Crippen LogP) is 4.55. The van der Waals surface area contributed by atoms with Crippen LogP contribution in [0.5, 0.6) is 0 Å². The molecule has 25 heavy (non-hydrogen) atoms. The number of carbonyl (C=O) groups excluding carboxylic acids is 1. The van der Waals surface area contributed by atoms with E-state index in [1.54, 1.807) is 13.1 Å². The molecule has 0 aliphatic rings. The largest absolute Gasteiger partial charge is 0.436 e. The summed E-state index contributed by atoms with van der Waals surface area (Å²) in [5, 5.41) is 1.73. The number of aromatic nitrogens is 2. The lowest BCUT2D eigenvalue weighted by atomic mass is 10.1. The van der Waals surface area contributed by atoms with Crippen LogP contribution in [-0.2, 0) is 21.0 Å². The normalized spacial score (nSPS) is 12.3. The van der Waals surface area contributed by atoms with Crippen LogP contribution < -0.4 is 0 Å². The zero-order valence-corrected chi connectivity index (χ0v) is 15.1. The highest BCUT2D eigenvalue weighted by Gasteiger charge is 2.17. The van der Waals surface area contributed by atoms with Gasteiger partial charge in [-0.25, -0.2) is 0 Å². The van der Waals surface area contributed by atoms with Gasteiger partial charge in [-0.05, 0) is 49.7 Å². The molecule has 0 saturated carbocycles. The Morgan fingerprint density at radius 3 is 2.84 bits per heavy atom. The van der Waals surface area contributed by atoms with Crippen molar-refractivity contribution in [1.82, 2.24) is 9.55 Å². The number of esters is 1. The molecule has 1 unspecified atom stereocenters. The first-order valence-electron chi connectivity index (χ1n) is 7.95. The Kier molecular flexibility index (Phi) is 5.06. The molecular weight excluding hydrogens is 340 g/mol. The maximum atomic E-state index is 11.1. The maximum absolute atomic E-state index is 11.1. The molecule has 0 aliphatic heterocycles. The second-order valence-corrected chi connectivity index (χ2v) is 6.21. The maximum Gasteiger partial charge on any atom is 0.304 e. The lowest BCUT2D eigenvalue weighted by Gasteiger charge is -2.16. The first-order valence-corrected chi connectivity index (χ1v) is 8.32. The van der Waals surface area contributed by atoms with E-state index in [4.69, 9.17) is 21.1 Å². The van der Waals surface area contributed by atoms with Crippen molar-refractivity contribution in [2.45, 2.75) is 33.8 Å². The molecule has 130 valence electrons. The average Bonchev–Trinajstić information content (AvgIpc) is 2.85. The van der Waals surface area contributed by atoms with Crippen LogP contribution in [0.4, 0.5) is 0 Å². The minimum absolute atomic E-state index is 0.241. The predicted molar refractivity (Wildman–Crippen MR) is 97.2 cm³/mol. The van der Waals surface area contributed by atoms with E-state index in [0.29, 0.717) is 5.02 Å². The Balaban J connectivity index is 2.07. The first-order chi connectivity index (χ1) is 12.0. The number of benzene rings is 1. The zero-order chi connectivity index (χ0) is 18.0. The van der Waals surface area contributed by atoms with E-state index in [9.17, 15) is 4.79 Å².